The molecule has 0 heterocycles. The van der Waals surface area contributed by atoms with Crippen LogP contribution in [0.2, 0.25) is 0 Å². The summed E-state index contributed by atoms with van der Waals surface area (Å²) in [4.78, 5) is 10.9. The summed E-state index contributed by atoms with van der Waals surface area (Å²) in [6.07, 6.45) is -1.04. The minimum atomic E-state index is -4.64. The number of hydrogen-bond donors (Lipinski definition) is 0. The quantitative estimate of drug-likeness (QED) is 0.802. The fourth-order valence-electron chi connectivity index (χ4n) is 2.78. The Morgan fingerprint density at radius 2 is 1.91 bits per heavy atom. The van der Waals surface area contributed by atoms with Crippen LogP contribution in [0.1, 0.15) is 54.9 Å². The third-order valence-corrected chi connectivity index (χ3v) is 3.84. The monoisotopic (exact) mass is 325 g/mol. The van der Waals surface area contributed by atoms with Crippen LogP contribution in [0.25, 0.3) is 0 Å². The second-order valence-electron chi connectivity index (χ2n) is 5.53. The molecule has 0 radical (unpaired) electrons. The maximum atomic E-state index is 13.2. The number of carboxylic acid groups (broad SMARTS) is 1. The fraction of sp³-hybridized carbons (Fsp3) is 0.471. The highest BCUT2D eigenvalue weighted by atomic mass is 19.4. The summed E-state index contributed by atoms with van der Waals surface area (Å²) in [6.45, 7) is 1.60. The van der Waals surface area contributed by atoms with Crippen LogP contribution in [-0.4, -0.2) is 11.6 Å². The zero-order chi connectivity index (χ0) is 17.1. The number of carbonyl (C=O) groups excluding carboxylic acids is 1. The fourth-order valence-corrected chi connectivity index (χ4v) is 2.78. The molecule has 124 valence electrons. The molecule has 6 heteroatoms. The van der Waals surface area contributed by atoms with E-state index in [9.17, 15) is 23.1 Å². The van der Waals surface area contributed by atoms with Gasteiger partial charge < -0.3 is 14.6 Å². The number of benzene rings is 1. The molecule has 3 nitrogen and oxygen atoms in total. The molecule has 0 amide bonds. The van der Waals surface area contributed by atoms with Crippen molar-refractivity contribution in [2.75, 3.05) is 0 Å². The molecule has 2 rings (SSSR count). The Kier molecular flexibility index (Phi) is 4.88. The molecule has 0 spiro atoms. The Bertz CT molecular complexity index is 647. The van der Waals surface area contributed by atoms with Gasteiger partial charge in [0.15, 0.2) is 5.60 Å². The van der Waals surface area contributed by atoms with Crippen LogP contribution in [0.3, 0.4) is 0 Å². The topological polar surface area (TPSA) is 49.4 Å². The van der Waals surface area contributed by atoms with Crippen LogP contribution in [0.4, 0.5) is 13.2 Å². The molecule has 23 heavy (non-hydrogen) atoms. The number of hydrogen-bond acceptors (Lipinski definition) is 3. The average Bonchev–Trinajstić information content (AvgIpc) is 2.47. The summed E-state index contributed by atoms with van der Waals surface area (Å²) in [6, 6.07) is 2.44. The SMILES string of the molecule is CC#CC1(Oc2cc(C(=O)[O-])ccc2C(F)(F)F)CCCCC1. The minimum absolute atomic E-state index is 0.358. The third kappa shape index (κ3) is 3.98. The number of halogens is 3. The van der Waals surface area contributed by atoms with Crippen molar-refractivity contribution in [3.8, 4) is 17.6 Å². The molecular formula is C17H16F3O3-. The first-order valence-corrected chi connectivity index (χ1v) is 7.33. The first-order chi connectivity index (χ1) is 10.8. The molecule has 1 aromatic rings. The van der Waals surface area contributed by atoms with Crippen LogP contribution >= 0.6 is 0 Å². The largest absolute Gasteiger partial charge is 0.545 e. The molecule has 1 aliphatic carbocycles. The Hall–Kier alpha value is -2.16. The van der Waals surface area contributed by atoms with Gasteiger partial charge in [-0.25, -0.2) is 0 Å². The lowest BCUT2D eigenvalue weighted by atomic mass is 9.85. The lowest BCUT2D eigenvalue weighted by Crippen LogP contribution is -2.37. The van der Waals surface area contributed by atoms with Gasteiger partial charge in [0, 0.05) is 5.56 Å². The van der Waals surface area contributed by atoms with Crippen LogP contribution < -0.4 is 9.84 Å². The summed E-state index contributed by atoms with van der Waals surface area (Å²) in [5.41, 5.74) is -2.37. The molecule has 0 bridgehead atoms. The summed E-state index contributed by atoms with van der Waals surface area (Å²) >= 11 is 0. The van der Waals surface area contributed by atoms with Gasteiger partial charge in [-0.1, -0.05) is 18.4 Å². The lowest BCUT2D eigenvalue weighted by Gasteiger charge is -2.34. The molecular weight excluding hydrogens is 309 g/mol. The van der Waals surface area contributed by atoms with E-state index in [2.05, 4.69) is 11.8 Å². The Morgan fingerprint density at radius 3 is 2.43 bits per heavy atom. The van der Waals surface area contributed by atoms with Gasteiger partial charge in [-0.2, -0.15) is 13.2 Å². The van der Waals surface area contributed by atoms with E-state index in [0.29, 0.717) is 18.9 Å². The molecule has 0 N–H and O–H groups in total. The number of alkyl halides is 3. The zero-order valence-corrected chi connectivity index (χ0v) is 12.6. The van der Waals surface area contributed by atoms with E-state index < -0.39 is 29.1 Å². The van der Waals surface area contributed by atoms with Gasteiger partial charge in [-0.15, -0.1) is 5.92 Å². The molecule has 1 aliphatic rings. The average molecular weight is 325 g/mol. The number of ether oxygens (including phenoxy) is 1. The number of carboxylic acids is 1. The summed E-state index contributed by atoms with van der Waals surface area (Å²) in [7, 11) is 0. The maximum Gasteiger partial charge on any atom is 0.419 e. The standard InChI is InChI=1S/C17H17F3O3/c1-2-8-16(9-4-3-5-10-16)23-14-11-12(15(21)22)6-7-13(14)17(18,19)20/h6-7,11H,3-5,9-10H2,1H3,(H,21,22)/p-1. The molecule has 1 fully saturated rings. The Balaban J connectivity index is 2.47. The van der Waals surface area contributed by atoms with Gasteiger partial charge in [0.1, 0.15) is 5.75 Å². The van der Waals surface area contributed by atoms with Gasteiger partial charge in [0.2, 0.25) is 0 Å². The van der Waals surface area contributed by atoms with Crippen molar-refractivity contribution in [2.24, 2.45) is 0 Å². The van der Waals surface area contributed by atoms with Crippen molar-refractivity contribution in [3.05, 3.63) is 29.3 Å². The minimum Gasteiger partial charge on any atom is -0.545 e. The molecule has 0 aromatic heterocycles. The van der Waals surface area contributed by atoms with Crippen LogP contribution in [-0.2, 0) is 6.18 Å². The van der Waals surface area contributed by atoms with E-state index in [0.717, 1.165) is 31.4 Å². The summed E-state index contributed by atoms with van der Waals surface area (Å²) in [5, 5.41) is 10.9. The number of aromatic carboxylic acids is 1. The van der Waals surface area contributed by atoms with E-state index in [4.69, 9.17) is 4.74 Å². The van der Waals surface area contributed by atoms with E-state index in [1.54, 1.807) is 6.92 Å². The molecule has 1 aromatic carbocycles. The van der Waals surface area contributed by atoms with Crippen molar-refractivity contribution < 1.29 is 27.8 Å². The van der Waals surface area contributed by atoms with E-state index in [1.807, 2.05) is 0 Å². The van der Waals surface area contributed by atoms with Crippen molar-refractivity contribution in [1.29, 1.82) is 0 Å². The van der Waals surface area contributed by atoms with Gasteiger partial charge in [-0.05, 0) is 44.7 Å². The van der Waals surface area contributed by atoms with Crippen molar-refractivity contribution in [3.63, 3.8) is 0 Å². The Labute approximate surface area is 132 Å². The predicted octanol–water partition coefficient (Wildman–Crippen LogP) is 3.17. The smallest absolute Gasteiger partial charge is 0.419 e. The highest BCUT2D eigenvalue weighted by Gasteiger charge is 2.38. The van der Waals surface area contributed by atoms with Crippen LogP contribution in [0, 0.1) is 11.8 Å². The maximum absolute atomic E-state index is 13.2. The number of rotatable bonds is 3. The van der Waals surface area contributed by atoms with Gasteiger partial charge >= 0.3 is 6.18 Å². The Morgan fingerprint density at radius 1 is 1.26 bits per heavy atom. The van der Waals surface area contributed by atoms with Gasteiger partial charge in [-0.3, -0.25) is 0 Å². The molecule has 0 unspecified atom stereocenters. The molecule has 1 saturated carbocycles. The second kappa shape index (κ2) is 6.53. The van der Waals surface area contributed by atoms with Crippen LogP contribution in [0.5, 0.6) is 5.75 Å². The lowest BCUT2D eigenvalue weighted by molar-refractivity contribution is -0.255. The summed E-state index contributed by atoms with van der Waals surface area (Å²) < 4.78 is 45.1. The summed E-state index contributed by atoms with van der Waals surface area (Å²) in [5.74, 6) is 3.52. The molecule has 0 atom stereocenters. The van der Waals surface area contributed by atoms with E-state index >= 15 is 0 Å². The van der Waals surface area contributed by atoms with E-state index in [-0.39, 0.29) is 5.56 Å². The normalized spacial score (nSPS) is 17.0. The van der Waals surface area contributed by atoms with E-state index in [1.165, 1.54) is 0 Å². The zero-order valence-electron chi connectivity index (χ0n) is 12.6. The first-order valence-electron chi connectivity index (χ1n) is 7.33. The third-order valence-electron chi connectivity index (χ3n) is 3.84. The van der Waals surface area contributed by atoms with Gasteiger partial charge in [0.05, 0.1) is 11.5 Å². The molecule has 0 saturated heterocycles. The van der Waals surface area contributed by atoms with Crippen molar-refractivity contribution >= 4 is 5.97 Å². The predicted molar refractivity (Wildman–Crippen MR) is 75.7 cm³/mol. The van der Waals surface area contributed by atoms with Crippen LogP contribution in [0.15, 0.2) is 18.2 Å². The highest BCUT2D eigenvalue weighted by Crippen LogP contribution is 2.40. The van der Waals surface area contributed by atoms with Crippen molar-refractivity contribution in [1.82, 2.24) is 0 Å². The number of carbonyl (C=O) groups is 1. The highest BCUT2D eigenvalue weighted by molar-refractivity contribution is 5.86. The van der Waals surface area contributed by atoms with Gasteiger partial charge in [0.25, 0.3) is 0 Å². The first kappa shape index (κ1) is 17.2. The second-order valence-corrected chi connectivity index (χ2v) is 5.53. The molecule has 0 aliphatic heterocycles. The van der Waals surface area contributed by atoms with Crippen molar-refractivity contribution in [2.45, 2.75) is 50.8 Å².